The SMILES string of the molecule is CN(c1cccc(Cl)c1)c1nc(N)nc(-c2noc(-c3ccco3)n2)n1. The third kappa shape index (κ3) is 3.07. The molecule has 0 aliphatic heterocycles. The second kappa shape index (κ2) is 6.45. The van der Waals surface area contributed by atoms with E-state index in [9.17, 15) is 0 Å². The molecule has 10 heteroatoms. The lowest BCUT2D eigenvalue weighted by atomic mass is 10.3. The van der Waals surface area contributed by atoms with Crippen LogP contribution in [0.4, 0.5) is 17.6 Å². The topological polar surface area (TPSA) is 120 Å². The van der Waals surface area contributed by atoms with Crippen LogP contribution in [0.5, 0.6) is 0 Å². The summed E-state index contributed by atoms with van der Waals surface area (Å²) in [4.78, 5) is 18.6. The van der Waals surface area contributed by atoms with E-state index in [1.807, 2.05) is 12.1 Å². The van der Waals surface area contributed by atoms with E-state index < -0.39 is 0 Å². The maximum Gasteiger partial charge on any atom is 0.294 e. The molecule has 0 aliphatic carbocycles. The van der Waals surface area contributed by atoms with Crippen LogP contribution in [-0.2, 0) is 0 Å². The first-order valence-corrected chi connectivity index (χ1v) is 7.87. The van der Waals surface area contributed by atoms with Gasteiger partial charge in [-0.1, -0.05) is 22.8 Å². The van der Waals surface area contributed by atoms with Crippen LogP contribution >= 0.6 is 11.6 Å². The number of aromatic nitrogens is 5. The number of rotatable bonds is 4. The molecule has 0 spiro atoms. The van der Waals surface area contributed by atoms with E-state index in [1.165, 1.54) is 6.26 Å². The molecule has 0 unspecified atom stereocenters. The fraction of sp³-hybridized carbons (Fsp3) is 0.0625. The van der Waals surface area contributed by atoms with Crippen molar-refractivity contribution in [3.8, 4) is 23.3 Å². The van der Waals surface area contributed by atoms with Crippen molar-refractivity contribution in [3.05, 3.63) is 47.7 Å². The highest BCUT2D eigenvalue weighted by Gasteiger charge is 2.18. The number of hydrogen-bond acceptors (Lipinski definition) is 9. The fourth-order valence-electron chi connectivity index (χ4n) is 2.25. The smallest absolute Gasteiger partial charge is 0.294 e. The molecule has 0 radical (unpaired) electrons. The lowest BCUT2D eigenvalue weighted by Gasteiger charge is -2.17. The molecule has 26 heavy (non-hydrogen) atoms. The average molecular weight is 370 g/mol. The molecule has 0 saturated carbocycles. The minimum atomic E-state index is 0.0308. The molecule has 0 fully saturated rings. The number of nitrogens with zero attached hydrogens (tertiary/aromatic N) is 6. The normalized spacial score (nSPS) is 10.8. The third-order valence-electron chi connectivity index (χ3n) is 3.49. The number of benzene rings is 1. The number of halogens is 1. The van der Waals surface area contributed by atoms with Gasteiger partial charge in [0.2, 0.25) is 23.5 Å². The van der Waals surface area contributed by atoms with E-state index in [-0.39, 0.29) is 23.5 Å². The summed E-state index contributed by atoms with van der Waals surface area (Å²) in [5, 5.41) is 4.47. The quantitative estimate of drug-likeness (QED) is 0.578. The van der Waals surface area contributed by atoms with Gasteiger partial charge in [0.25, 0.3) is 5.89 Å². The van der Waals surface area contributed by atoms with Gasteiger partial charge in [-0.15, -0.1) is 0 Å². The molecular weight excluding hydrogens is 358 g/mol. The van der Waals surface area contributed by atoms with Gasteiger partial charge in [-0.2, -0.15) is 19.9 Å². The summed E-state index contributed by atoms with van der Waals surface area (Å²) in [7, 11) is 1.79. The molecule has 1 aromatic carbocycles. The van der Waals surface area contributed by atoms with Gasteiger partial charge in [-0.05, 0) is 30.3 Å². The van der Waals surface area contributed by atoms with Crippen LogP contribution in [0.1, 0.15) is 0 Å². The van der Waals surface area contributed by atoms with E-state index in [1.54, 1.807) is 36.2 Å². The van der Waals surface area contributed by atoms with Crippen molar-refractivity contribution in [1.82, 2.24) is 25.1 Å². The molecule has 2 N–H and O–H groups in total. The van der Waals surface area contributed by atoms with Crippen molar-refractivity contribution < 1.29 is 8.94 Å². The second-order valence-electron chi connectivity index (χ2n) is 5.26. The molecule has 3 heterocycles. The summed E-state index contributed by atoms with van der Waals surface area (Å²) >= 11 is 6.04. The largest absolute Gasteiger partial charge is 0.459 e. The summed E-state index contributed by atoms with van der Waals surface area (Å²) < 4.78 is 10.4. The number of nitrogens with two attached hydrogens (primary N) is 1. The molecule has 130 valence electrons. The number of furan rings is 1. The van der Waals surface area contributed by atoms with Crippen molar-refractivity contribution in [1.29, 1.82) is 0 Å². The minimum Gasteiger partial charge on any atom is -0.459 e. The van der Waals surface area contributed by atoms with Gasteiger partial charge in [-0.3, -0.25) is 0 Å². The first-order chi connectivity index (χ1) is 12.6. The summed E-state index contributed by atoms with van der Waals surface area (Å²) in [6.45, 7) is 0. The first kappa shape index (κ1) is 16.0. The highest BCUT2D eigenvalue weighted by molar-refractivity contribution is 6.30. The molecule has 4 aromatic rings. The van der Waals surface area contributed by atoms with E-state index >= 15 is 0 Å². The standard InChI is InChI=1S/C16H12ClN7O2/c1-24(10-5-2-4-9(17)8-10)16-21-12(20-15(18)22-16)13-19-14(26-23-13)11-6-3-7-25-11/h2-8H,1H3,(H2,18,20,21,22). The van der Waals surface area contributed by atoms with Crippen LogP contribution in [-0.4, -0.2) is 32.1 Å². The monoisotopic (exact) mass is 369 g/mol. The highest BCUT2D eigenvalue weighted by atomic mass is 35.5. The van der Waals surface area contributed by atoms with Crippen molar-refractivity contribution in [2.45, 2.75) is 0 Å². The molecule has 0 aliphatic rings. The van der Waals surface area contributed by atoms with Gasteiger partial charge < -0.3 is 19.6 Å². The van der Waals surface area contributed by atoms with Crippen molar-refractivity contribution in [2.24, 2.45) is 0 Å². The molecule has 0 amide bonds. The molecule has 0 bridgehead atoms. The second-order valence-corrected chi connectivity index (χ2v) is 5.69. The summed E-state index contributed by atoms with van der Waals surface area (Å²) in [6.07, 6.45) is 1.51. The maximum absolute atomic E-state index is 6.04. The van der Waals surface area contributed by atoms with Crippen LogP contribution in [0.2, 0.25) is 5.02 Å². The highest BCUT2D eigenvalue weighted by Crippen LogP contribution is 2.26. The van der Waals surface area contributed by atoms with Gasteiger partial charge in [0, 0.05) is 17.8 Å². The zero-order valence-electron chi connectivity index (χ0n) is 13.5. The predicted molar refractivity (Wildman–Crippen MR) is 94.7 cm³/mol. The zero-order valence-corrected chi connectivity index (χ0v) is 14.3. The third-order valence-corrected chi connectivity index (χ3v) is 3.73. The molecule has 4 rings (SSSR count). The summed E-state index contributed by atoms with van der Waals surface area (Å²) in [5.74, 6) is 1.37. The molecule has 0 atom stereocenters. The van der Waals surface area contributed by atoms with Gasteiger partial charge in [-0.25, -0.2) is 0 Å². The Labute approximate surface area is 152 Å². The number of nitrogen functional groups attached to an aromatic ring is 1. The van der Waals surface area contributed by atoms with Gasteiger partial charge >= 0.3 is 0 Å². The lowest BCUT2D eigenvalue weighted by Crippen LogP contribution is -2.15. The van der Waals surface area contributed by atoms with E-state index in [4.69, 9.17) is 26.3 Å². The van der Waals surface area contributed by atoms with Crippen molar-refractivity contribution in [2.75, 3.05) is 17.7 Å². The Balaban J connectivity index is 1.70. The minimum absolute atomic E-state index is 0.0308. The Morgan fingerprint density at radius 3 is 2.69 bits per heavy atom. The number of anilines is 3. The Kier molecular flexibility index (Phi) is 3.98. The van der Waals surface area contributed by atoms with Gasteiger partial charge in [0.15, 0.2) is 5.76 Å². The molecule has 0 saturated heterocycles. The van der Waals surface area contributed by atoms with Crippen LogP contribution in [0, 0.1) is 0 Å². The van der Waals surface area contributed by atoms with Crippen LogP contribution < -0.4 is 10.6 Å². The van der Waals surface area contributed by atoms with E-state index in [2.05, 4.69) is 25.1 Å². The summed E-state index contributed by atoms with van der Waals surface area (Å²) in [5.41, 5.74) is 6.61. The van der Waals surface area contributed by atoms with Gasteiger partial charge in [0.05, 0.1) is 6.26 Å². The van der Waals surface area contributed by atoms with E-state index in [0.717, 1.165) is 5.69 Å². The molecule has 9 nitrogen and oxygen atoms in total. The molecule has 3 aromatic heterocycles. The van der Waals surface area contributed by atoms with Crippen LogP contribution in [0.3, 0.4) is 0 Å². The van der Waals surface area contributed by atoms with Gasteiger partial charge in [0.1, 0.15) is 0 Å². The lowest BCUT2D eigenvalue weighted by molar-refractivity contribution is 0.416. The van der Waals surface area contributed by atoms with Crippen molar-refractivity contribution >= 4 is 29.2 Å². The van der Waals surface area contributed by atoms with Crippen LogP contribution in [0.25, 0.3) is 23.3 Å². The zero-order chi connectivity index (χ0) is 18.1. The average Bonchev–Trinajstić information content (AvgIpc) is 3.32. The maximum atomic E-state index is 6.04. The number of hydrogen-bond donors (Lipinski definition) is 1. The first-order valence-electron chi connectivity index (χ1n) is 7.49. The molecular formula is C16H12ClN7O2. The Bertz CT molecular complexity index is 1050. The Hall–Kier alpha value is -3.46. The predicted octanol–water partition coefficient (Wildman–Crippen LogP) is 3.19. The fourth-order valence-corrected chi connectivity index (χ4v) is 2.43. The summed E-state index contributed by atoms with van der Waals surface area (Å²) in [6, 6.07) is 10.7. The Morgan fingerprint density at radius 2 is 1.92 bits per heavy atom. The van der Waals surface area contributed by atoms with Crippen LogP contribution in [0.15, 0.2) is 51.6 Å². The van der Waals surface area contributed by atoms with E-state index in [0.29, 0.717) is 16.7 Å². The van der Waals surface area contributed by atoms with Crippen molar-refractivity contribution in [3.63, 3.8) is 0 Å². The Morgan fingerprint density at radius 1 is 1.04 bits per heavy atom.